The number of anilines is 1. The van der Waals surface area contributed by atoms with Crippen LogP contribution in [0.25, 0.3) is 0 Å². The van der Waals surface area contributed by atoms with E-state index < -0.39 is 11.6 Å². The van der Waals surface area contributed by atoms with E-state index in [0.29, 0.717) is 5.41 Å². The number of nitrogens with zero attached hydrogens (tertiary/aromatic N) is 2. The molecule has 0 N–H and O–H groups in total. The first-order valence-corrected chi connectivity index (χ1v) is 7.20. The van der Waals surface area contributed by atoms with E-state index in [1.165, 1.54) is 12.1 Å². The van der Waals surface area contributed by atoms with Gasteiger partial charge in [-0.3, -0.25) is 0 Å². The number of piperidine rings is 1. The molecule has 1 aromatic carbocycles. The molecule has 1 aromatic rings. The Hall–Kier alpha value is -1.63. The molecule has 0 amide bonds. The standard InChI is InChI=1S/C16H20F2N2/c1-3-16(4-2)7-9-20(10-8-16)13-6-5-12(11-19)14(17)15(13)18/h5-6H,3-4,7-10H2,1-2H3. The Bertz CT molecular complexity index is 520. The summed E-state index contributed by atoms with van der Waals surface area (Å²) in [5, 5.41) is 8.71. The van der Waals surface area contributed by atoms with Gasteiger partial charge >= 0.3 is 0 Å². The van der Waals surface area contributed by atoms with Crippen molar-refractivity contribution in [2.24, 2.45) is 5.41 Å². The van der Waals surface area contributed by atoms with E-state index in [1.54, 1.807) is 6.07 Å². The number of hydrogen-bond donors (Lipinski definition) is 0. The van der Waals surface area contributed by atoms with E-state index in [4.69, 9.17) is 5.26 Å². The molecule has 0 saturated carbocycles. The summed E-state index contributed by atoms with van der Waals surface area (Å²) in [5.41, 5.74) is 0.389. The van der Waals surface area contributed by atoms with Crippen LogP contribution in [-0.4, -0.2) is 13.1 Å². The van der Waals surface area contributed by atoms with E-state index in [-0.39, 0.29) is 11.3 Å². The van der Waals surface area contributed by atoms with Gasteiger partial charge in [0.05, 0.1) is 11.3 Å². The average Bonchev–Trinajstić information content (AvgIpc) is 2.50. The van der Waals surface area contributed by atoms with Crippen molar-refractivity contribution in [1.29, 1.82) is 5.26 Å². The Balaban J connectivity index is 2.20. The van der Waals surface area contributed by atoms with E-state index in [9.17, 15) is 8.78 Å². The van der Waals surface area contributed by atoms with Crippen molar-refractivity contribution in [2.45, 2.75) is 39.5 Å². The normalized spacial score (nSPS) is 17.9. The van der Waals surface area contributed by atoms with Crippen molar-refractivity contribution in [2.75, 3.05) is 18.0 Å². The molecule has 2 nitrogen and oxygen atoms in total. The quantitative estimate of drug-likeness (QED) is 0.826. The van der Waals surface area contributed by atoms with Gasteiger partial charge < -0.3 is 4.90 Å². The highest BCUT2D eigenvalue weighted by atomic mass is 19.2. The summed E-state index contributed by atoms with van der Waals surface area (Å²) < 4.78 is 27.7. The smallest absolute Gasteiger partial charge is 0.183 e. The molecular weight excluding hydrogens is 258 g/mol. The Labute approximate surface area is 119 Å². The molecule has 1 heterocycles. The van der Waals surface area contributed by atoms with Crippen LogP contribution in [0.4, 0.5) is 14.5 Å². The number of halogens is 2. The number of benzene rings is 1. The van der Waals surface area contributed by atoms with Gasteiger partial charge in [0.1, 0.15) is 6.07 Å². The second-order valence-corrected chi connectivity index (χ2v) is 5.57. The van der Waals surface area contributed by atoms with Crippen LogP contribution in [0.2, 0.25) is 0 Å². The fraction of sp³-hybridized carbons (Fsp3) is 0.562. The highest BCUT2D eigenvalue weighted by Crippen LogP contribution is 2.39. The zero-order valence-corrected chi connectivity index (χ0v) is 12.0. The molecule has 20 heavy (non-hydrogen) atoms. The first-order valence-electron chi connectivity index (χ1n) is 7.20. The van der Waals surface area contributed by atoms with E-state index in [1.807, 2.05) is 4.90 Å². The molecule has 0 radical (unpaired) electrons. The molecule has 1 aliphatic rings. The van der Waals surface area contributed by atoms with Crippen LogP contribution in [0.1, 0.15) is 45.1 Å². The highest BCUT2D eigenvalue weighted by Gasteiger charge is 2.32. The molecule has 0 unspecified atom stereocenters. The van der Waals surface area contributed by atoms with Gasteiger partial charge in [-0.2, -0.15) is 5.26 Å². The van der Waals surface area contributed by atoms with Crippen LogP contribution in [-0.2, 0) is 0 Å². The molecule has 0 bridgehead atoms. The average molecular weight is 278 g/mol. The number of hydrogen-bond acceptors (Lipinski definition) is 2. The Morgan fingerprint density at radius 1 is 1.15 bits per heavy atom. The Morgan fingerprint density at radius 2 is 1.75 bits per heavy atom. The van der Waals surface area contributed by atoms with Gasteiger partial charge in [0.25, 0.3) is 0 Å². The van der Waals surface area contributed by atoms with E-state index in [2.05, 4.69) is 13.8 Å². The van der Waals surface area contributed by atoms with Gasteiger partial charge in [0, 0.05) is 13.1 Å². The number of rotatable bonds is 3. The van der Waals surface area contributed by atoms with Gasteiger partial charge in [-0.15, -0.1) is 0 Å². The van der Waals surface area contributed by atoms with Crippen LogP contribution in [0.3, 0.4) is 0 Å². The summed E-state index contributed by atoms with van der Waals surface area (Å²) in [6, 6.07) is 4.54. The van der Waals surface area contributed by atoms with Gasteiger partial charge in [-0.1, -0.05) is 26.7 Å². The maximum atomic E-state index is 14.0. The molecule has 0 aliphatic carbocycles. The van der Waals surface area contributed by atoms with Gasteiger partial charge in [0.15, 0.2) is 11.6 Å². The van der Waals surface area contributed by atoms with Gasteiger partial charge in [-0.25, -0.2) is 8.78 Å². The summed E-state index contributed by atoms with van der Waals surface area (Å²) in [4.78, 5) is 1.89. The molecule has 0 spiro atoms. The molecule has 108 valence electrons. The first-order chi connectivity index (χ1) is 9.56. The highest BCUT2D eigenvalue weighted by molar-refractivity contribution is 5.52. The van der Waals surface area contributed by atoms with Crippen LogP contribution in [0.15, 0.2) is 12.1 Å². The molecule has 4 heteroatoms. The minimum atomic E-state index is -1.03. The zero-order chi connectivity index (χ0) is 14.8. The van der Waals surface area contributed by atoms with Crippen molar-refractivity contribution in [3.63, 3.8) is 0 Å². The molecular formula is C16H20F2N2. The van der Waals surface area contributed by atoms with Crippen molar-refractivity contribution in [3.8, 4) is 6.07 Å². The predicted octanol–water partition coefficient (Wildman–Crippen LogP) is 4.24. The Morgan fingerprint density at radius 3 is 2.25 bits per heavy atom. The van der Waals surface area contributed by atoms with Crippen LogP contribution in [0.5, 0.6) is 0 Å². The molecule has 0 atom stereocenters. The minimum Gasteiger partial charge on any atom is -0.369 e. The predicted molar refractivity (Wildman–Crippen MR) is 75.5 cm³/mol. The maximum Gasteiger partial charge on any atom is 0.183 e. The van der Waals surface area contributed by atoms with Crippen molar-refractivity contribution in [3.05, 3.63) is 29.3 Å². The lowest BCUT2D eigenvalue weighted by Gasteiger charge is -2.42. The second kappa shape index (κ2) is 5.78. The largest absolute Gasteiger partial charge is 0.369 e. The van der Waals surface area contributed by atoms with Crippen molar-refractivity contribution < 1.29 is 8.78 Å². The summed E-state index contributed by atoms with van der Waals surface area (Å²) in [6.45, 7) is 5.87. The summed E-state index contributed by atoms with van der Waals surface area (Å²) in [6.07, 6.45) is 4.26. The third-order valence-electron chi connectivity index (χ3n) is 4.85. The molecule has 1 saturated heterocycles. The fourth-order valence-electron chi connectivity index (χ4n) is 3.05. The van der Waals surface area contributed by atoms with E-state index >= 15 is 0 Å². The lowest BCUT2D eigenvalue weighted by atomic mass is 9.74. The van der Waals surface area contributed by atoms with Gasteiger partial charge in [0.2, 0.25) is 0 Å². The van der Waals surface area contributed by atoms with Gasteiger partial charge in [-0.05, 0) is 30.4 Å². The molecule has 1 fully saturated rings. The van der Waals surface area contributed by atoms with Crippen LogP contribution >= 0.6 is 0 Å². The lowest BCUT2D eigenvalue weighted by Crippen LogP contribution is -2.40. The first kappa shape index (κ1) is 14.8. The zero-order valence-electron chi connectivity index (χ0n) is 12.0. The number of nitriles is 1. The fourth-order valence-corrected chi connectivity index (χ4v) is 3.05. The monoisotopic (exact) mass is 278 g/mol. The Kier molecular flexibility index (Phi) is 4.27. The van der Waals surface area contributed by atoms with Crippen LogP contribution < -0.4 is 4.90 Å². The third-order valence-corrected chi connectivity index (χ3v) is 4.85. The van der Waals surface area contributed by atoms with Crippen molar-refractivity contribution in [1.82, 2.24) is 0 Å². The topological polar surface area (TPSA) is 27.0 Å². The second-order valence-electron chi connectivity index (χ2n) is 5.57. The molecule has 1 aliphatic heterocycles. The molecule has 0 aromatic heterocycles. The summed E-state index contributed by atoms with van der Waals surface area (Å²) in [5.74, 6) is -1.93. The van der Waals surface area contributed by atoms with Crippen LogP contribution in [0, 0.1) is 28.4 Å². The maximum absolute atomic E-state index is 14.0. The minimum absolute atomic E-state index is 0.236. The lowest BCUT2D eigenvalue weighted by molar-refractivity contribution is 0.199. The molecule has 2 rings (SSSR count). The van der Waals surface area contributed by atoms with Crippen molar-refractivity contribution >= 4 is 5.69 Å². The van der Waals surface area contributed by atoms with E-state index in [0.717, 1.165) is 38.8 Å². The summed E-state index contributed by atoms with van der Waals surface area (Å²) in [7, 11) is 0. The SMILES string of the molecule is CCC1(CC)CCN(c2ccc(C#N)c(F)c2F)CC1. The summed E-state index contributed by atoms with van der Waals surface area (Å²) >= 11 is 0. The third kappa shape index (κ3) is 2.49.